The lowest BCUT2D eigenvalue weighted by Gasteiger charge is -2.24. The van der Waals surface area contributed by atoms with Gasteiger partial charge in [-0.05, 0) is 32.4 Å². The molecule has 0 bridgehead atoms. The minimum Gasteiger partial charge on any atom is -0.387 e. The van der Waals surface area contributed by atoms with E-state index in [9.17, 15) is 13.9 Å². The fraction of sp³-hybridized carbons (Fsp3) is 0.500. The lowest BCUT2D eigenvalue weighted by atomic mass is 9.89. The molecule has 0 spiro atoms. The first-order valence-corrected chi connectivity index (χ1v) is 5.16. The predicted octanol–water partition coefficient (Wildman–Crippen LogP) is 2.41. The van der Waals surface area contributed by atoms with E-state index < -0.39 is 23.6 Å². The molecule has 0 fully saturated rings. The highest BCUT2D eigenvalue weighted by Gasteiger charge is 2.29. The summed E-state index contributed by atoms with van der Waals surface area (Å²) in [5.74, 6) is -0.662. The molecule has 0 aliphatic heterocycles. The smallest absolute Gasteiger partial charge is 0.133 e. The number of nitrogens with two attached hydrogens (primary N) is 1. The van der Waals surface area contributed by atoms with Gasteiger partial charge in [0.05, 0.1) is 6.10 Å². The normalized spacial score (nSPS) is 15.9. The largest absolute Gasteiger partial charge is 0.387 e. The highest BCUT2D eigenvalue weighted by Crippen LogP contribution is 2.34. The molecule has 3 N–H and O–H groups in total. The average Bonchev–Trinajstić information content (AvgIpc) is 2.14. The average molecular weight is 229 g/mol. The summed E-state index contributed by atoms with van der Waals surface area (Å²) < 4.78 is 27.5. The maximum absolute atomic E-state index is 13.9. The molecular weight excluding hydrogens is 212 g/mol. The van der Waals surface area contributed by atoms with E-state index in [1.165, 1.54) is 32.0 Å². The molecule has 2 nitrogen and oxygen atoms in total. The van der Waals surface area contributed by atoms with Gasteiger partial charge in [-0.15, -0.1) is 0 Å². The zero-order valence-corrected chi connectivity index (χ0v) is 9.67. The molecule has 0 saturated carbocycles. The van der Waals surface area contributed by atoms with Gasteiger partial charge in [0.25, 0.3) is 0 Å². The summed E-state index contributed by atoms with van der Waals surface area (Å²) >= 11 is 0. The van der Waals surface area contributed by atoms with Crippen LogP contribution in [0.15, 0.2) is 18.2 Å². The van der Waals surface area contributed by atoms with Crippen LogP contribution in [-0.2, 0) is 5.67 Å². The van der Waals surface area contributed by atoms with Crippen LogP contribution in [0.1, 0.15) is 38.0 Å². The lowest BCUT2D eigenvalue weighted by molar-refractivity contribution is 0.141. The van der Waals surface area contributed by atoms with Crippen molar-refractivity contribution in [3.8, 4) is 0 Å². The number of hydrogen-bond acceptors (Lipinski definition) is 2. The standard InChI is InChI=1S/C12H17F2NO/c1-7(15)11(16)8-5-4-6-9(13)10(8)12(2,3)14/h4-7,11,16H,15H2,1-3H3. The van der Waals surface area contributed by atoms with Gasteiger partial charge < -0.3 is 10.8 Å². The summed E-state index contributed by atoms with van der Waals surface area (Å²) in [5.41, 5.74) is 3.77. The Kier molecular flexibility index (Phi) is 3.65. The first-order chi connectivity index (χ1) is 7.25. The summed E-state index contributed by atoms with van der Waals surface area (Å²) in [6.45, 7) is 4.09. The Labute approximate surface area is 94.1 Å². The molecule has 1 aromatic rings. The van der Waals surface area contributed by atoms with Crippen LogP contribution in [0.4, 0.5) is 8.78 Å². The van der Waals surface area contributed by atoms with Crippen LogP contribution in [-0.4, -0.2) is 11.1 Å². The third-order valence-corrected chi connectivity index (χ3v) is 2.46. The molecule has 16 heavy (non-hydrogen) atoms. The molecule has 0 heterocycles. The molecule has 0 aliphatic rings. The van der Waals surface area contributed by atoms with Gasteiger partial charge in [0, 0.05) is 11.6 Å². The molecule has 1 aromatic carbocycles. The van der Waals surface area contributed by atoms with Crippen LogP contribution < -0.4 is 5.73 Å². The highest BCUT2D eigenvalue weighted by atomic mass is 19.1. The highest BCUT2D eigenvalue weighted by molar-refractivity contribution is 5.35. The van der Waals surface area contributed by atoms with Crippen molar-refractivity contribution < 1.29 is 13.9 Å². The molecule has 0 aliphatic carbocycles. The third-order valence-electron chi connectivity index (χ3n) is 2.46. The van der Waals surface area contributed by atoms with E-state index in [0.29, 0.717) is 0 Å². The van der Waals surface area contributed by atoms with Crippen LogP contribution in [0.3, 0.4) is 0 Å². The first-order valence-electron chi connectivity index (χ1n) is 5.16. The molecule has 2 unspecified atom stereocenters. The van der Waals surface area contributed by atoms with E-state index in [1.54, 1.807) is 6.92 Å². The second-order valence-corrected chi connectivity index (χ2v) is 4.48. The fourth-order valence-electron chi connectivity index (χ4n) is 1.70. The van der Waals surface area contributed by atoms with Gasteiger partial charge in [-0.25, -0.2) is 8.78 Å². The zero-order valence-electron chi connectivity index (χ0n) is 9.67. The number of alkyl halides is 1. The Hall–Kier alpha value is -1.00. The molecule has 0 saturated heterocycles. The van der Waals surface area contributed by atoms with Crippen molar-refractivity contribution in [1.29, 1.82) is 0 Å². The molecule has 0 radical (unpaired) electrons. The molecule has 1 rings (SSSR count). The van der Waals surface area contributed by atoms with E-state index in [4.69, 9.17) is 5.73 Å². The van der Waals surface area contributed by atoms with Crippen molar-refractivity contribution >= 4 is 0 Å². The Bertz CT molecular complexity index is 372. The Morgan fingerprint density at radius 3 is 2.38 bits per heavy atom. The van der Waals surface area contributed by atoms with Gasteiger partial charge in [-0.2, -0.15) is 0 Å². The molecule has 2 atom stereocenters. The second-order valence-electron chi connectivity index (χ2n) is 4.48. The zero-order chi connectivity index (χ0) is 12.5. The van der Waals surface area contributed by atoms with Gasteiger partial charge in [-0.3, -0.25) is 0 Å². The Morgan fingerprint density at radius 1 is 1.38 bits per heavy atom. The van der Waals surface area contributed by atoms with Crippen LogP contribution in [0.2, 0.25) is 0 Å². The van der Waals surface area contributed by atoms with Gasteiger partial charge in [-0.1, -0.05) is 12.1 Å². The summed E-state index contributed by atoms with van der Waals surface area (Å²) in [6, 6.07) is 3.52. The molecule has 4 heteroatoms. The summed E-state index contributed by atoms with van der Waals surface area (Å²) in [7, 11) is 0. The van der Waals surface area contributed by atoms with Crippen LogP contribution in [0.25, 0.3) is 0 Å². The topological polar surface area (TPSA) is 46.2 Å². The summed E-state index contributed by atoms with van der Waals surface area (Å²) in [4.78, 5) is 0. The van der Waals surface area contributed by atoms with Crippen molar-refractivity contribution in [2.24, 2.45) is 5.73 Å². The molecule has 90 valence electrons. The Morgan fingerprint density at radius 2 is 1.94 bits per heavy atom. The van der Waals surface area contributed by atoms with Crippen LogP contribution in [0.5, 0.6) is 0 Å². The second kappa shape index (κ2) is 4.47. The van der Waals surface area contributed by atoms with Crippen molar-refractivity contribution in [2.75, 3.05) is 0 Å². The van der Waals surface area contributed by atoms with Gasteiger partial charge in [0.15, 0.2) is 0 Å². The van der Waals surface area contributed by atoms with E-state index in [0.717, 1.165) is 0 Å². The maximum atomic E-state index is 13.9. The van der Waals surface area contributed by atoms with Crippen LogP contribution in [0, 0.1) is 5.82 Å². The number of hydrogen-bond donors (Lipinski definition) is 2. The van der Waals surface area contributed by atoms with Gasteiger partial charge in [0.1, 0.15) is 11.5 Å². The van der Waals surface area contributed by atoms with Crippen molar-refractivity contribution in [1.82, 2.24) is 0 Å². The van der Waals surface area contributed by atoms with Crippen molar-refractivity contribution in [2.45, 2.75) is 38.6 Å². The monoisotopic (exact) mass is 229 g/mol. The Balaban J connectivity index is 3.35. The summed E-state index contributed by atoms with van der Waals surface area (Å²) in [6.07, 6.45) is -1.07. The number of halogens is 2. The van der Waals surface area contributed by atoms with E-state index in [-0.39, 0.29) is 11.1 Å². The number of aliphatic hydroxyl groups is 1. The first kappa shape index (κ1) is 13.1. The van der Waals surface area contributed by atoms with E-state index in [1.807, 2.05) is 0 Å². The fourth-order valence-corrected chi connectivity index (χ4v) is 1.70. The minimum absolute atomic E-state index is 0.125. The summed E-state index contributed by atoms with van der Waals surface area (Å²) in [5, 5.41) is 9.81. The minimum atomic E-state index is -1.85. The third kappa shape index (κ3) is 2.57. The number of aliphatic hydroxyl groups excluding tert-OH is 1. The lowest BCUT2D eigenvalue weighted by Crippen LogP contribution is -2.27. The number of rotatable bonds is 3. The van der Waals surface area contributed by atoms with E-state index in [2.05, 4.69) is 0 Å². The maximum Gasteiger partial charge on any atom is 0.133 e. The SMILES string of the molecule is CC(N)C(O)c1cccc(F)c1C(C)(C)F. The molecular formula is C12H17F2NO. The van der Waals surface area contributed by atoms with E-state index >= 15 is 0 Å². The molecule has 0 aromatic heterocycles. The quantitative estimate of drug-likeness (QED) is 0.836. The predicted molar refractivity (Wildman–Crippen MR) is 59.1 cm³/mol. The van der Waals surface area contributed by atoms with Crippen molar-refractivity contribution in [3.63, 3.8) is 0 Å². The van der Waals surface area contributed by atoms with Crippen molar-refractivity contribution in [3.05, 3.63) is 35.1 Å². The van der Waals surface area contributed by atoms with Crippen LogP contribution >= 0.6 is 0 Å². The molecule has 0 amide bonds. The van der Waals surface area contributed by atoms with Gasteiger partial charge in [0.2, 0.25) is 0 Å². The van der Waals surface area contributed by atoms with Gasteiger partial charge >= 0.3 is 0 Å². The number of benzene rings is 1.